The van der Waals surface area contributed by atoms with Crippen molar-refractivity contribution in [3.63, 3.8) is 0 Å². The minimum absolute atomic E-state index is 0.00755. The lowest BCUT2D eigenvalue weighted by Crippen LogP contribution is -2.22. The normalized spacial score (nSPS) is 10.3. The number of thiazole rings is 1. The summed E-state index contributed by atoms with van der Waals surface area (Å²) in [6.07, 6.45) is 2.01. The number of nitrogens with one attached hydrogen (secondary N) is 3. The third-order valence-electron chi connectivity index (χ3n) is 4.03. The van der Waals surface area contributed by atoms with Crippen LogP contribution in [0.15, 0.2) is 52.8 Å². The summed E-state index contributed by atoms with van der Waals surface area (Å²) in [6, 6.07) is 9.34. The number of esters is 1. The topological polar surface area (TPSA) is 130 Å². The third kappa shape index (κ3) is 5.39. The summed E-state index contributed by atoms with van der Waals surface area (Å²) in [7, 11) is 1.30. The van der Waals surface area contributed by atoms with Crippen molar-refractivity contribution in [2.45, 2.75) is 12.8 Å². The van der Waals surface area contributed by atoms with Crippen molar-refractivity contribution in [1.82, 2.24) is 9.97 Å². The number of aromatic nitrogens is 2. The summed E-state index contributed by atoms with van der Waals surface area (Å²) < 4.78 is 4.63. The smallest absolute Gasteiger partial charge is 0.337 e. The van der Waals surface area contributed by atoms with Gasteiger partial charge in [-0.15, -0.1) is 11.3 Å². The van der Waals surface area contributed by atoms with Gasteiger partial charge in [0.05, 0.1) is 18.4 Å². The Kier molecular flexibility index (Phi) is 6.71. The maximum absolute atomic E-state index is 12.1. The zero-order valence-electron chi connectivity index (χ0n) is 15.9. The maximum atomic E-state index is 12.1. The Balaban J connectivity index is 1.50. The van der Waals surface area contributed by atoms with Crippen LogP contribution in [-0.4, -0.2) is 34.9 Å². The first-order valence-electron chi connectivity index (χ1n) is 8.88. The second-order valence-electron chi connectivity index (χ2n) is 6.13. The average molecular weight is 426 g/mol. The molecule has 0 saturated heterocycles. The van der Waals surface area contributed by atoms with Crippen molar-refractivity contribution in [2.75, 3.05) is 17.7 Å². The van der Waals surface area contributed by atoms with Gasteiger partial charge >= 0.3 is 5.97 Å². The number of hydrogen-bond donors (Lipinski definition) is 3. The number of nitrogens with zero attached hydrogens (tertiary/aromatic N) is 1. The highest BCUT2D eigenvalue weighted by molar-refractivity contribution is 7.14. The Morgan fingerprint density at radius 2 is 1.90 bits per heavy atom. The molecule has 1 aromatic carbocycles. The van der Waals surface area contributed by atoms with Crippen molar-refractivity contribution < 1.29 is 19.1 Å². The van der Waals surface area contributed by atoms with E-state index in [-0.39, 0.29) is 17.9 Å². The number of rotatable bonds is 7. The quantitative estimate of drug-likeness (QED) is 0.498. The van der Waals surface area contributed by atoms with Crippen LogP contribution < -0.4 is 16.2 Å². The van der Waals surface area contributed by atoms with Crippen LogP contribution >= 0.6 is 11.3 Å². The largest absolute Gasteiger partial charge is 0.465 e. The number of amides is 2. The molecule has 2 aromatic heterocycles. The Labute approximate surface area is 175 Å². The fraction of sp³-hybridized carbons (Fsp3) is 0.150. The number of carbonyl (C=O) groups is 3. The standard InChI is InChI=1S/C20H18N4O5S/c1-29-19(28)12-4-6-13(7-5-12)22-16(25)9-8-14-11-30-20(23-14)24-18(27)15-3-2-10-21-17(15)26/h2-7,10-11H,8-9H2,1H3,(H,21,26)(H,22,25)(H,23,24,27). The van der Waals surface area contributed by atoms with Gasteiger partial charge in [-0.2, -0.15) is 0 Å². The van der Waals surface area contributed by atoms with Crippen LogP contribution in [0.5, 0.6) is 0 Å². The van der Waals surface area contributed by atoms with Crippen LogP contribution in [0.25, 0.3) is 0 Å². The van der Waals surface area contributed by atoms with Crippen LogP contribution in [0.4, 0.5) is 10.8 Å². The fourth-order valence-electron chi connectivity index (χ4n) is 2.52. The number of carbonyl (C=O) groups excluding carboxylic acids is 3. The summed E-state index contributed by atoms with van der Waals surface area (Å²) in [5.74, 6) is -1.21. The van der Waals surface area contributed by atoms with Crippen molar-refractivity contribution in [2.24, 2.45) is 0 Å². The van der Waals surface area contributed by atoms with Gasteiger partial charge < -0.3 is 15.0 Å². The van der Waals surface area contributed by atoms with Gasteiger partial charge in [0, 0.05) is 23.7 Å². The predicted molar refractivity (Wildman–Crippen MR) is 112 cm³/mol. The molecular formula is C20H18N4O5S. The second-order valence-corrected chi connectivity index (χ2v) is 6.99. The van der Waals surface area contributed by atoms with Gasteiger partial charge in [-0.1, -0.05) is 0 Å². The van der Waals surface area contributed by atoms with E-state index in [1.807, 2.05) is 0 Å². The molecule has 3 aromatic rings. The summed E-state index contributed by atoms with van der Waals surface area (Å²) in [5, 5.41) is 7.40. The van der Waals surface area contributed by atoms with E-state index in [4.69, 9.17) is 0 Å². The Hall–Kier alpha value is -3.79. The lowest BCUT2D eigenvalue weighted by molar-refractivity contribution is -0.116. The minimum Gasteiger partial charge on any atom is -0.465 e. The van der Waals surface area contributed by atoms with Crippen molar-refractivity contribution in [3.8, 4) is 0 Å². The minimum atomic E-state index is -0.550. The van der Waals surface area contributed by atoms with Crippen LogP contribution in [-0.2, 0) is 16.0 Å². The number of hydrogen-bond acceptors (Lipinski definition) is 7. The first-order chi connectivity index (χ1) is 14.5. The molecule has 0 radical (unpaired) electrons. The molecule has 0 bridgehead atoms. The molecule has 0 aliphatic carbocycles. The molecule has 0 unspecified atom stereocenters. The second kappa shape index (κ2) is 9.61. The molecule has 10 heteroatoms. The van der Waals surface area contributed by atoms with E-state index < -0.39 is 17.4 Å². The number of aromatic amines is 1. The van der Waals surface area contributed by atoms with E-state index in [0.29, 0.717) is 28.5 Å². The number of H-pyrrole nitrogens is 1. The lowest BCUT2D eigenvalue weighted by Gasteiger charge is -2.05. The number of anilines is 2. The molecule has 0 spiro atoms. The first-order valence-corrected chi connectivity index (χ1v) is 9.76. The molecule has 0 fully saturated rings. The number of aryl methyl sites for hydroxylation is 1. The van der Waals surface area contributed by atoms with Crippen molar-refractivity contribution in [1.29, 1.82) is 0 Å². The molecule has 2 amide bonds. The van der Waals surface area contributed by atoms with Crippen LogP contribution in [0, 0.1) is 0 Å². The van der Waals surface area contributed by atoms with Crippen LogP contribution in [0.1, 0.15) is 32.8 Å². The summed E-state index contributed by atoms with van der Waals surface area (Å²) in [4.78, 5) is 54.0. The predicted octanol–water partition coefficient (Wildman–Crippen LogP) is 2.44. The van der Waals surface area contributed by atoms with Gasteiger partial charge in [0.2, 0.25) is 5.91 Å². The molecule has 3 rings (SSSR count). The molecule has 3 N–H and O–H groups in total. The number of methoxy groups -OCH3 is 1. The van der Waals surface area contributed by atoms with E-state index >= 15 is 0 Å². The van der Waals surface area contributed by atoms with Crippen LogP contribution in [0.3, 0.4) is 0 Å². The van der Waals surface area contributed by atoms with Crippen molar-refractivity contribution >= 4 is 39.9 Å². The highest BCUT2D eigenvalue weighted by Crippen LogP contribution is 2.18. The fourth-order valence-corrected chi connectivity index (χ4v) is 3.26. The highest BCUT2D eigenvalue weighted by atomic mass is 32.1. The molecular weight excluding hydrogens is 408 g/mol. The van der Waals surface area contributed by atoms with E-state index in [0.717, 1.165) is 0 Å². The Morgan fingerprint density at radius 1 is 1.13 bits per heavy atom. The monoisotopic (exact) mass is 426 g/mol. The molecule has 0 aliphatic heterocycles. The van der Waals surface area contributed by atoms with Gasteiger partial charge in [0.1, 0.15) is 5.56 Å². The van der Waals surface area contributed by atoms with Gasteiger partial charge in [-0.25, -0.2) is 9.78 Å². The maximum Gasteiger partial charge on any atom is 0.337 e. The Bertz CT molecular complexity index is 1120. The summed E-state index contributed by atoms with van der Waals surface area (Å²) in [6.45, 7) is 0. The van der Waals surface area contributed by atoms with E-state index in [1.165, 1.54) is 30.7 Å². The number of ether oxygens (including phenoxy) is 1. The molecule has 2 heterocycles. The molecule has 0 aliphatic rings. The zero-order valence-corrected chi connectivity index (χ0v) is 16.7. The van der Waals surface area contributed by atoms with E-state index in [9.17, 15) is 19.2 Å². The van der Waals surface area contributed by atoms with Gasteiger partial charge in [-0.05, 0) is 42.8 Å². The summed E-state index contributed by atoms with van der Waals surface area (Å²) >= 11 is 1.21. The SMILES string of the molecule is COC(=O)c1ccc(NC(=O)CCc2csc(NC(=O)c3ccc[nH]c3=O)n2)cc1. The van der Waals surface area contributed by atoms with E-state index in [1.54, 1.807) is 35.7 Å². The molecule has 0 atom stereocenters. The van der Waals surface area contributed by atoms with Crippen LogP contribution in [0.2, 0.25) is 0 Å². The van der Waals surface area contributed by atoms with E-state index in [2.05, 4.69) is 25.3 Å². The Morgan fingerprint density at radius 3 is 2.60 bits per heavy atom. The third-order valence-corrected chi connectivity index (χ3v) is 4.84. The molecule has 154 valence electrons. The number of benzene rings is 1. The van der Waals surface area contributed by atoms with Gasteiger partial charge in [-0.3, -0.25) is 19.7 Å². The lowest BCUT2D eigenvalue weighted by atomic mass is 10.2. The van der Waals surface area contributed by atoms with Crippen molar-refractivity contribution in [3.05, 3.63) is 75.1 Å². The van der Waals surface area contributed by atoms with Gasteiger partial charge in [0.25, 0.3) is 11.5 Å². The first kappa shape index (κ1) is 20.9. The molecule has 30 heavy (non-hydrogen) atoms. The molecule has 0 saturated carbocycles. The zero-order chi connectivity index (χ0) is 21.5. The molecule has 9 nitrogen and oxygen atoms in total. The average Bonchev–Trinajstić information content (AvgIpc) is 3.19. The number of pyridine rings is 1. The summed E-state index contributed by atoms with van der Waals surface area (Å²) in [5.41, 5.74) is 1.11. The highest BCUT2D eigenvalue weighted by Gasteiger charge is 2.13. The van der Waals surface area contributed by atoms with Gasteiger partial charge in [0.15, 0.2) is 5.13 Å².